The number of nitrogens with zero attached hydrogens (tertiary/aromatic N) is 3. The van der Waals surface area contributed by atoms with Crippen molar-refractivity contribution in [3.05, 3.63) is 77.3 Å². The number of benzene rings is 1. The summed E-state index contributed by atoms with van der Waals surface area (Å²) in [5.41, 5.74) is 1.32. The van der Waals surface area contributed by atoms with E-state index in [1.165, 1.54) is 10.7 Å². The highest BCUT2D eigenvalue weighted by molar-refractivity contribution is 7.99. The Morgan fingerprint density at radius 3 is 2.70 bits per heavy atom. The molecule has 2 aromatic heterocycles. The summed E-state index contributed by atoms with van der Waals surface area (Å²) in [6.07, 6.45) is 3.81. The van der Waals surface area contributed by atoms with Crippen LogP contribution in [0.25, 0.3) is 11.3 Å². The van der Waals surface area contributed by atoms with Crippen molar-refractivity contribution in [2.24, 2.45) is 0 Å². The van der Waals surface area contributed by atoms with Gasteiger partial charge in [-0.15, -0.1) is 11.8 Å². The molecule has 0 saturated heterocycles. The number of rotatable bonds is 8. The van der Waals surface area contributed by atoms with Gasteiger partial charge in [0, 0.05) is 47.6 Å². The molecule has 0 bridgehead atoms. The third-order valence-electron chi connectivity index (χ3n) is 3.81. The number of pyridine rings is 1. The number of hydrogen-bond donors (Lipinski definition) is 1. The molecule has 0 unspecified atom stereocenters. The lowest BCUT2D eigenvalue weighted by Gasteiger charge is -2.08. The van der Waals surface area contributed by atoms with Crippen LogP contribution in [0, 0.1) is 0 Å². The molecule has 3 aromatic rings. The molecule has 0 spiro atoms. The molecule has 0 aliphatic carbocycles. The summed E-state index contributed by atoms with van der Waals surface area (Å²) in [7, 11) is 0. The monoisotopic (exact) mass is 380 g/mol. The summed E-state index contributed by atoms with van der Waals surface area (Å²) in [6, 6.07) is 16.8. The Kier molecular flexibility index (Phi) is 6.76. The molecular formula is C20H20N4O2S. The molecule has 1 N–H and O–H groups in total. The predicted molar refractivity (Wildman–Crippen MR) is 107 cm³/mol. The summed E-state index contributed by atoms with van der Waals surface area (Å²) < 4.78 is 1.36. The maximum Gasteiger partial charge on any atom is 0.266 e. The average Bonchev–Trinajstić information content (AvgIpc) is 2.71. The minimum absolute atomic E-state index is 0.0325. The van der Waals surface area contributed by atoms with Crippen LogP contribution in [0.4, 0.5) is 0 Å². The highest BCUT2D eigenvalue weighted by Crippen LogP contribution is 2.17. The maximum absolute atomic E-state index is 12.0. The van der Waals surface area contributed by atoms with Gasteiger partial charge in [0.15, 0.2) is 0 Å². The van der Waals surface area contributed by atoms with Crippen LogP contribution in [-0.4, -0.2) is 33.0 Å². The van der Waals surface area contributed by atoms with E-state index >= 15 is 0 Å². The van der Waals surface area contributed by atoms with Crippen molar-refractivity contribution in [2.45, 2.75) is 17.9 Å². The van der Waals surface area contributed by atoms with Crippen molar-refractivity contribution in [3.8, 4) is 11.3 Å². The van der Waals surface area contributed by atoms with Crippen LogP contribution in [0.15, 0.2) is 76.7 Å². The molecule has 0 atom stereocenters. The highest BCUT2D eigenvalue weighted by Gasteiger charge is 2.05. The lowest BCUT2D eigenvalue weighted by Crippen LogP contribution is -2.32. The Morgan fingerprint density at radius 1 is 1.07 bits per heavy atom. The molecule has 1 aromatic carbocycles. The summed E-state index contributed by atoms with van der Waals surface area (Å²) in [5, 5.41) is 7.19. The largest absolute Gasteiger partial charge is 0.354 e. The van der Waals surface area contributed by atoms with Crippen LogP contribution in [0.3, 0.4) is 0 Å². The smallest absolute Gasteiger partial charge is 0.266 e. The van der Waals surface area contributed by atoms with Gasteiger partial charge in [0.1, 0.15) is 0 Å². The van der Waals surface area contributed by atoms with Gasteiger partial charge in [0.2, 0.25) is 5.91 Å². The first kappa shape index (κ1) is 18.8. The van der Waals surface area contributed by atoms with Gasteiger partial charge in [-0.2, -0.15) is 5.10 Å². The number of aromatic nitrogens is 3. The summed E-state index contributed by atoms with van der Waals surface area (Å²) in [5.74, 6) is 0.680. The fourth-order valence-corrected chi connectivity index (χ4v) is 3.32. The zero-order valence-corrected chi connectivity index (χ0v) is 15.6. The molecule has 1 amide bonds. The highest BCUT2D eigenvalue weighted by atomic mass is 32.2. The van der Waals surface area contributed by atoms with Gasteiger partial charge in [-0.25, -0.2) is 4.68 Å². The van der Waals surface area contributed by atoms with Gasteiger partial charge in [0.25, 0.3) is 5.56 Å². The molecule has 0 aliphatic heterocycles. The second kappa shape index (κ2) is 9.68. The fraction of sp³-hybridized carbons (Fsp3) is 0.200. The number of amides is 1. The van der Waals surface area contributed by atoms with Crippen LogP contribution < -0.4 is 10.9 Å². The minimum Gasteiger partial charge on any atom is -0.354 e. The number of hydrogen-bond acceptors (Lipinski definition) is 5. The van der Waals surface area contributed by atoms with Gasteiger partial charge in [-0.05, 0) is 30.3 Å². The van der Waals surface area contributed by atoms with E-state index in [9.17, 15) is 9.59 Å². The third kappa shape index (κ3) is 5.79. The summed E-state index contributed by atoms with van der Waals surface area (Å²) in [6.45, 7) is 0.683. The molecule has 7 heteroatoms. The van der Waals surface area contributed by atoms with Gasteiger partial charge in [0.05, 0.1) is 12.2 Å². The first-order chi connectivity index (χ1) is 13.2. The lowest BCUT2D eigenvalue weighted by atomic mass is 10.2. The maximum atomic E-state index is 12.0. The van der Waals surface area contributed by atoms with E-state index in [-0.39, 0.29) is 11.5 Å². The van der Waals surface area contributed by atoms with Crippen molar-refractivity contribution in [2.75, 3.05) is 12.3 Å². The molecule has 0 aliphatic rings. The van der Waals surface area contributed by atoms with Gasteiger partial charge >= 0.3 is 0 Å². The van der Waals surface area contributed by atoms with Crippen molar-refractivity contribution in [1.29, 1.82) is 0 Å². The van der Waals surface area contributed by atoms with Crippen LogP contribution >= 0.6 is 11.8 Å². The van der Waals surface area contributed by atoms with Crippen molar-refractivity contribution in [1.82, 2.24) is 20.1 Å². The van der Waals surface area contributed by atoms with Crippen molar-refractivity contribution in [3.63, 3.8) is 0 Å². The quantitative estimate of drug-likeness (QED) is 0.608. The zero-order valence-electron chi connectivity index (χ0n) is 14.7. The predicted octanol–water partition coefficient (Wildman–Crippen LogP) is 2.60. The van der Waals surface area contributed by atoms with Crippen LogP contribution in [0.5, 0.6) is 0 Å². The van der Waals surface area contributed by atoms with E-state index in [1.807, 2.05) is 42.5 Å². The number of nitrogens with one attached hydrogen (secondary N) is 1. The molecule has 6 nitrogen and oxygen atoms in total. The topological polar surface area (TPSA) is 76.9 Å². The third-order valence-corrected chi connectivity index (χ3v) is 4.82. The second-order valence-corrected chi connectivity index (χ2v) is 6.95. The normalized spacial score (nSPS) is 10.5. The standard InChI is InChI=1S/C20H20N4O2S/c25-19(10-14-27-17-6-2-1-3-7-17)22-12-13-24-20(26)9-8-18(23-24)16-5-4-11-21-15-16/h1-9,11,15H,10,12-14H2,(H,22,25). The Hall–Kier alpha value is -2.93. The summed E-state index contributed by atoms with van der Waals surface area (Å²) in [4.78, 5) is 29.1. The molecular weight excluding hydrogens is 360 g/mol. The Labute approximate surface area is 161 Å². The van der Waals surface area contributed by atoms with E-state index in [0.717, 1.165) is 10.5 Å². The van der Waals surface area contributed by atoms with E-state index in [2.05, 4.69) is 15.4 Å². The molecule has 27 heavy (non-hydrogen) atoms. The Balaban J connectivity index is 1.47. The zero-order chi connectivity index (χ0) is 18.9. The van der Waals surface area contributed by atoms with Gasteiger partial charge < -0.3 is 5.32 Å². The average molecular weight is 380 g/mol. The van der Waals surface area contributed by atoms with Crippen molar-refractivity contribution < 1.29 is 4.79 Å². The molecule has 0 saturated carbocycles. The Bertz CT molecular complexity index is 929. The van der Waals surface area contributed by atoms with Crippen LogP contribution in [-0.2, 0) is 11.3 Å². The Morgan fingerprint density at radius 2 is 1.93 bits per heavy atom. The molecule has 138 valence electrons. The van der Waals surface area contributed by atoms with E-state index in [1.54, 1.807) is 30.2 Å². The van der Waals surface area contributed by atoms with Gasteiger partial charge in [-0.1, -0.05) is 18.2 Å². The number of carbonyl (C=O) groups excluding carboxylic acids is 1. The molecule has 0 fully saturated rings. The fourth-order valence-electron chi connectivity index (χ4n) is 2.45. The van der Waals surface area contributed by atoms with Crippen LogP contribution in [0.2, 0.25) is 0 Å². The van der Waals surface area contributed by atoms with E-state index in [0.29, 0.717) is 31.0 Å². The van der Waals surface area contributed by atoms with E-state index in [4.69, 9.17) is 0 Å². The van der Waals surface area contributed by atoms with Crippen molar-refractivity contribution >= 4 is 17.7 Å². The summed E-state index contributed by atoms with van der Waals surface area (Å²) >= 11 is 1.65. The van der Waals surface area contributed by atoms with Crippen LogP contribution in [0.1, 0.15) is 6.42 Å². The first-order valence-corrected chi connectivity index (χ1v) is 9.64. The number of thioether (sulfide) groups is 1. The lowest BCUT2D eigenvalue weighted by molar-refractivity contribution is -0.120. The molecule has 2 heterocycles. The van der Waals surface area contributed by atoms with Gasteiger partial charge in [-0.3, -0.25) is 14.6 Å². The second-order valence-electron chi connectivity index (χ2n) is 5.78. The molecule has 3 rings (SSSR count). The number of carbonyl (C=O) groups is 1. The van der Waals surface area contributed by atoms with E-state index < -0.39 is 0 Å². The molecule has 0 radical (unpaired) electrons. The SMILES string of the molecule is O=C(CCSc1ccccc1)NCCn1nc(-c2cccnc2)ccc1=O. The minimum atomic E-state index is -0.198. The first-order valence-electron chi connectivity index (χ1n) is 8.65.